The Bertz CT molecular complexity index is 409. The van der Waals surface area contributed by atoms with Crippen molar-refractivity contribution in [2.24, 2.45) is 0 Å². The summed E-state index contributed by atoms with van der Waals surface area (Å²) in [5, 5.41) is 6.48. The first-order chi connectivity index (χ1) is 6.27. The predicted octanol–water partition coefficient (Wildman–Crippen LogP) is 1.92. The van der Waals surface area contributed by atoms with Gasteiger partial charge in [-0.25, -0.2) is 9.37 Å². The maximum atomic E-state index is 13.2. The van der Waals surface area contributed by atoms with Crippen LogP contribution in [0.5, 0.6) is 0 Å². The fraction of sp³-hybridized carbons (Fsp3) is 0.111. The highest BCUT2D eigenvalue weighted by Crippen LogP contribution is 2.17. The van der Waals surface area contributed by atoms with Gasteiger partial charge in [0.05, 0.1) is 0 Å². The molecule has 0 aromatic carbocycles. The summed E-state index contributed by atoms with van der Waals surface area (Å²) < 4.78 is 13.2. The van der Waals surface area contributed by atoms with Crippen LogP contribution in [0.1, 0.15) is 5.69 Å². The molecule has 0 aliphatic carbocycles. The molecule has 2 aromatic rings. The Morgan fingerprint density at radius 2 is 2.15 bits per heavy atom. The Hall–Kier alpha value is -1.71. The molecule has 0 aliphatic rings. The van der Waals surface area contributed by atoms with E-state index in [1.165, 1.54) is 6.07 Å². The van der Waals surface area contributed by atoms with Crippen molar-refractivity contribution in [3.8, 4) is 11.4 Å². The van der Waals surface area contributed by atoms with Crippen molar-refractivity contribution in [2.45, 2.75) is 6.92 Å². The van der Waals surface area contributed by atoms with Crippen LogP contribution >= 0.6 is 0 Å². The van der Waals surface area contributed by atoms with Crippen molar-refractivity contribution in [1.29, 1.82) is 0 Å². The molecular weight excluding hydrogens is 169 g/mol. The first-order valence-electron chi connectivity index (χ1n) is 3.90. The number of halogens is 1. The van der Waals surface area contributed by atoms with E-state index in [9.17, 15) is 4.39 Å². The summed E-state index contributed by atoms with van der Waals surface area (Å²) in [5.74, 6) is -0.349. The third-order valence-corrected chi connectivity index (χ3v) is 1.73. The monoisotopic (exact) mass is 177 g/mol. The molecule has 0 amide bonds. The van der Waals surface area contributed by atoms with Gasteiger partial charge in [0.25, 0.3) is 0 Å². The van der Waals surface area contributed by atoms with Gasteiger partial charge in [0.15, 0.2) is 5.82 Å². The number of nitrogens with zero attached hydrogens (tertiary/aromatic N) is 2. The second kappa shape index (κ2) is 2.97. The molecule has 1 N–H and O–H groups in total. The Balaban J connectivity index is 2.57. The largest absolute Gasteiger partial charge is 0.285 e. The number of pyridine rings is 1. The SMILES string of the molecule is Cc1ccc(F)c(-c2cc[nH]n2)n1. The zero-order chi connectivity index (χ0) is 9.26. The van der Waals surface area contributed by atoms with Crippen LogP contribution in [0.3, 0.4) is 0 Å². The summed E-state index contributed by atoms with van der Waals surface area (Å²) in [6.45, 7) is 1.82. The summed E-state index contributed by atoms with van der Waals surface area (Å²) in [4.78, 5) is 4.06. The third-order valence-electron chi connectivity index (χ3n) is 1.73. The van der Waals surface area contributed by atoms with E-state index in [2.05, 4.69) is 15.2 Å². The molecule has 3 nitrogen and oxygen atoms in total. The van der Waals surface area contributed by atoms with E-state index < -0.39 is 0 Å². The summed E-state index contributed by atoms with van der Waals surface area (Å²) in [6, 6.07) is 4.71. The smallest absolute Gasteiger partial charge is 0.151 e. The van der Waals surface area contributed by atoms with Gasteiger partial charge < -0.3 is 0 Å². The molecule has 0 bridgehead atoms. The van der Waals surface area contributed by atoms with Crippen molar-refractivity contribution in [3.05, 3.63) is 35.9 Å². The second-order valence-electron chi connectivity index (χ2n) is 2.74. The molecule has 0 atom stereocenters. The van der Waals surface area contributed by atoms with Gasteiger partial charge in [0, 0.05) is 11.9 Å². The number of aromatic amines is 1. The topological polar surface area (TPSA) is 41.6 Å². The van der Waals surface area contributed by atoms with E-state index in [0.29, 0.717) is 11.4 Å². The van der Waals surface area contributed by atoms with Gasteiger partial charge in [0.2, 0.25) is 0 Å². The quantitative estimate of drug-likeness (QED) is 0.723. The summed E-state index contributed by atoms with van der Waals surface area (Å²) in [7, 11) is 0. The second-order valence-corrected chi connectivity index (χ2v) is 2.74. The van der Waals surface area contributed by atoms with Crippen LogP contribution in [-0.2, 0) is 0 Å². The molecule has 0 radical (unpaired) electrons. The standard InChI is InChI=1S/C9H8FN3/c1-6-2-3-7(10)9(12-6)8-4-5-11-13-8/h2-5H,1H3,(H,11,13). The normalized spacial score (nSPS) is 10.3. The van der Waals surface area contributed by atoms with Gasteiger partial charge in [-0.15, -0.1) is 0 Å². The molecule has 66 valence electrons. The van der Waals surface area contributed by atoms with Crippen molar-refractivity contribution in [1.82, 2.24) is 15.2 Å². The lowest BCUT2D eigenvalue weighted by molar-refractivity contribution is 0.624. The average Bonchev–Trinajstić information content (AvgIpc) is 2.61. The van der Waals surface area contributed by atoms with Crippen LogP contribution in [0, 0.1) is 12.7 Å². The van der Waals surface area contributed by atoms with Gasteiger partial charge in [-0.3, -0.25) is 5.10 Å². The molecule has 13 heavy (non-hydrogen) atoms. The lowest BCUT2D eigenvalue weighted by atomic mass is 10.2. The van der Waals surface area contributed by atoms with E-state index >= 15 is 0 Å². The van der Waals surface area contributed by atoms with Gasteiger partial charge >= 0.3 is 0 Å². The minimum atomic E-state index is -0.349. The minimum Gasteiger partial charge on any atom is -0.285 e. The number of aryl methyl sites for hydroxylation is 1. The molecule has 2 heterocycles. The number of rotatable bonds is 1. The number of hydrogen-bond acceptors (Lipinski definition) is 2. The van der Waals surface area contributed by atoms with Crippen molar-refractivity contribution in [3.63, 3.8) is 0 Å². The maximum Gasteiger partial charge on any atom is 0.151 e. The van der Waals surface area contributed by atoms with E-state index in [-0.39, 0.29) is 5.82 Å². The van der Waals surface area contributed by atoms with Gasteiger partial charge in [-0.05, 0) is 25.1 Å². The molecular formula is C9H8FN3. The highest BCUT2D eigenvalue weighted by Gasteiger charge is 2.07. The van der Waals surface area contributed by atoms with Crippen LogP contribution in [0.15, 0.2) is 24.4 Å². The lowest BCUT2D eigenvalue weighted by Gasteiger charge is -1.98. The molecule has 0 unspecified atom stereocenters. The first-order valence-corrected chi connectivity index (χ1v) is 3.90. The summed E-state index contributed by atoms with van der Waals surface area (Å²) in [5.41, 5.74) is 1.60. The van der Waals surface area contributed by atoms with Gasteiger partial charge in [0.1, 0.15) is 11.4 Å². The Labute approximate surface area is 74.6 Å². The third kappa shape index (κ3) is 1.42. The lowest BCUT2D eigenvalue weighted by Crippen LogP contribution is -1.91. The minimum absolute atomic E-state index is 0.293. The van der Waals surface area contributed by atoms with Crippen LogP contribution < -0.4 is 0 Å². The van der Waals surface area contributed by atoms with Crippen molar-refractivity contribution < 1.29 is 4.39 Å². The number of nitrogens with one attached hydrogen (secondary N) is 1. The molecule has 0 aliphatic heterocycles. The molecule has 4 heteroatoms. The number of H-pyrrole nitrogens is 1. The molecule has 0 saturated carbocycles. The zero-order valence-electron chi connectivity index (χ0n) is 7.08. The number of hydrogen-bond donors (Lipinski definition) is 1. The van der Waals surface area contributed by atoms with E-state index in [1.54, 1.807) is 18.3 Å². The van der Waals surface area contributed by atoms with Gasteiger partial charge in [-0.1, -0.05) is 0 Å². The Kier molecular flexibility index (Phi) is 1.81. The fourth-order valence-electron chi connectivity index (χ4n) is 1.11. The molecule has 0 spiro atoms. The molecule has 0 saturated heterocycles. The molecule has 2 rings (SSSR count). The fourth-order valence-corrected chi connectivity index (χ4v) is 1.11. The Morgan fingerprint density at radius 1 is 1.31 bits per heavy atom. The van der Waals surface area contributed by atoms with E-state index in [0.717, 1.165) is 5.69 Å². The van der Waals surface area contributed by atoms with Crippen molar-refractivity contribution >= 4 is 0 Å². The number of aromatic nitrogens is 3. The van der Waals surface area contributed by atoms with Crippen LogP contribution in [0.25, 0.3) is 11.4 Å². The van der Waals surface area contributed by atoms with Crippen molar-refractivity contribution in [2.75, 3.05) is 0 Å². The highest BCUT2D eigenvalue weighted by atomic mass is 19.1. The molecule has 2 aromatic heterocycles. The predicted molar refractivity (Wildman–Crippen MR) is 46.5 cm³/mol. The van der Waals surface area contributed by atoms with Crippen LogP contribution in [0.2, 0.25) is 0 Å². The Morgan fingerprint density at radius 3 is 2.85 bits per heavy atom. The van der Waals surface area contributed by atoms with Crippen LogP contribution in [-0.4, -0.2) is 15.2 Å². The summed E-state index contributed by atoms with van der Waals surface area (Å²) in [6.07, 6.45) is 1.64. The van der Waals surface area contributed by atoms with E-state index in [4.69, 9.17) is 0 Å². The average molecular weight is 177 g/mol. The van der Waals surface area contributed by atoms with Crippen LogP contribution in [0.4, 0.5) is 4.39 Å². The summed E-state index contributed by atoms with van der Waals surface area (Å²) >= 11 is 0. The van der Waals surface area contributed by atoms with Gasteiger partial charge in [-0.2, -0.15) is 5.10 Å². The maximum absolute atomic E-state index is 13.2. The first kappa shape index (κ1) is 7.91. The highest BCUT2D eigenvalue weighted by molar-refractivity contribution is 5.54. The zero-order valence-corrected chi connectivity index (χ0v) is 7.08. The van der Waals surface area contributed by atoms with E-state index in [1.807, 2.05) is 6.92 Å². The molecule has 0 fully saturated rings.